The van der Waals surface area contributed by atoms with Crippen LogP contribution in [0.3, 0.4) is 0 Å². The lowest BCUT2D eigenvalue weighted by Crippen LogP contribution is -2.23. The van der Waals surface area contributed by atoms with Crippen LogP contribution in [0.4, 0.5) is 0 Å². The molecule has 3 nitrogen and oxygen atoms in total. The van der Waals surface area contributed by atoms with Gasteiger partial charge in [-0.2, -0.15) is 0 Å². The molecule has 0 saturated carbocycles. The molecule has 1 N–H and O–H groups in total. The van der Waals surface area contributed by atoms with Crippen molar-refractivity contribution in [1.29, 1.82) is 0 Å². The highest BCUT2D eigenvalue weighted by atomic mass is 16.5. The SMILES string of the molecule is COc1ccccc1C(C)NC(C)c1cc(C)oc1C. The Kier molecular flexibility index (Phi) is 4.50. The molecule has 0 fully saturated rings. The number of rotatable bonds is 5. The highest BCUT2D eigenvalue weighted by Gasteiger charge is 2.17. The van der Waals surface area contributed by atoms with E-state index in [1.54, 1.807) is 7.11 Å². The molecule has 0 aliphatic rings. The van der Waals surface area contributed by atoms with E-state index in [-0.39, 0.29) is 12.1 Å². The summed E-state index contributed by atoms with van der Waals surface area (Å²) < 4.78 is 11.0. The zero-order valence-corrected chi connectivity index (χ0v) is 12.9. The number of benzene rings is 1. The van der Waals surface area contributed by atoms with Gasteiger partial charge in [-0.1, -0.05) is 18.2 Å². The van der Waals surface area contributed by atoms with Gasteiger partial charge in [0.2, 0.25) is 0 Å². The maximum atomic E-state index is 5.60. The molecule has 2 unspecified atom stereocenters. The van der Waals surface area contributed by atoms with Crippen molar-refractivity contribution in [3.05, 3.63) is 53.0 Å². The molecule has 0 aliphatic carbocycles. The lowest BCUT2D eigenvalue weighted by Gasteiger charge is -2.21. The van der Waals surface area contributed by atoms with Crippen LogP contribution in [0, 0.1) is 13.8 Å². The first-order chi connectivity index (χ1) is 9.52. The van der Waals surface area contributed by atoms with Gasteiger partial charge in [-0.25, -0.2) is 0 Å². The lowest BCUT2D eigenvalue weighted by atomic mass is 10.0. The van der Waals surface area contributed by atoms with E-state index < -0.39 is 0 Å². The van der Waals surface area contributed by atoms with E-state index in [9.17, 15) is 0 Å². The van der Waals surface area contributed by atoms with Crippen molar-refractivity contribution < 1.29 is 9.15 Å². The molecule has 2 atom stereocenters. The number of aryl methyl sites for hydroxylation is 2. The second-order valence-corrected chi connectivity index (χ2v) is 5.22. The number of hydrogen-bond donors (Lipinski definition) is 1. The minimum atomic E-state index is 0.204. The molecule has 108 valence electrons. The summed E-state index contributed by atoms with van der Waals surface area (Å²) >= 11 is 0. The molecule has 2 rings (SSSR count). The monoisotopic (exact) mass is 273 g/mol. The third-order valence-corrected chi connectivity index (χ3v) is 3.65. The summed E-state index contributed by atoms with van der Waals surface area (Å²) in [6.45, 7) is 8.29. The van der Waals surface area contributed by atoms with Crippen molar-refractivity contribution in [2.24, 2.45) is 0 Å². The van der Waals surface area contributed by atoms with E-state index in [2.05, 4.69) is 31.3 Å². The summed E-state index contributed by atoms with van der Waals surface area (Å²) in [5.74, 6) is 2.85. The summed E-state index contributed by atoms with van der Waals surface area (Å²) in [6, 6.07) is 10.6. The Balaban J connectivity index is 2.15. The molecule has 0 bridgehead atoms. The first-order valence-corrected chi connectivity index (χ1v) is 6.98. The van der Waals surface area contributed by atoms with Gasteiger partial charge in [0.25, 0.3) is 0 Å². The fourth-order valence-corrected chi connectivity index (χ4v) is 2.66. The number of furan rings is 1. The Bertz CT molecular complexity index is 574. The van der Waals surface area contributed by atoms with Gasteiger partial charge < -0.3 is 14.5 Å². The van der Waals surface area contributed by atoms with Gasteiger partial charge in [0.15, 0.2) is 0 Å². The van der Waals surface area contributed by atoms with Crippen LogP contribution in [0.25, 0.3) is 0 Å². The smallest absolute Gasteiger partial charge is 0.123 e. The van der Waals surface area contributed by atoms with Crippen LogP contribution in [0.1, 0.15) is 48.6 Å². The second kappa shape index (κ2) is 6.14. The third-order valence-electron chi connectivity index (χ3n) is 3.65. The topological polar surface area (TPSA) is 34.4 Å². The van der Waals surface area contributed by atoms with E-state index in [4.69, 9.17) is 9.15 Å². The molecule has 0 spiro atoms. The molecule has 1 aromatic carbocycles. The molecule has 0 aliphatic heterocycles. The Hall–Kier alpha value is -1.74. The van der Waals surface area contributed by atoms with Crippen LogP contribution >= 0.6 is 0 Å². The van der Waals surface area contributed by atoms with E-state index in [0.29, 0.717) is 0 Å². The minimum Gasteiger partial charge on any atom is -0.496 e. The molecular formula is C17H23NO2. The first kappa shape index (κ1) is 14.7. The maximum Gasteiger partial charge on any atom is 0.123 e. The highest BCUT2D eigenvalue weighted by Crippen LogP contribution is 2.28. The molecule has 2 aromatic rings. The Labute approximate surface area is 121 Å². The summed E-state index contributed by atoms with van der Waals surface area (Å²) in [6.07, 6.45) is 0. The van der Waals surface area contributed by atoms with Crippen molar-refractivity contribution in [2.45, 2.75) is 39.8 Å². The van der Waals surface area contributed by atoms with Crippen molar-refractivity contribution in [3.8, 4) is 5.75 Å². The van der Waals surface area contributed by atoms with Crippen LogP contribution in [-0.4, -0.2) is 7.11 Å². The van der Waals surface area contributed by atoms with Crippen molar-refractivity contribution in [2.75, 3.05) is 7.11 Å². The summed E-state index contributed by atoms with van der Waals surface area (Å²) in [7, 11) is 1.71. The maximum absolute atomic E-state index is 5.60. The number of nitrogens with one attached hydrogen (secondary N) is 1. The predicted octanol–water partition coefficient (Wildman–Crippen LogP) is 4.32. The number of hydrogen-bond acceptors (Lipinski definition) is 3. The van der Waals surface area contributed by atoms with Gasteiger partial charge in [0.1, 0.15) is 17.3 Å². The first-order valence-electron chi connectivity index (χ1n) is 6.98. The highest BCUT2D eigenvalue weighted by molar-refractivity contribution is 5.36. The third kappa shape index (κ3) is 3.05. The van der Waals surface area contributed by atoms with Gasteiger partial charge >= 0.3 is 0 Å². The van der Waals surface area contributed by atoms with Crippen LogP contribution in [0.15, 0.2) is 34.7 Å². The minimum absolute atomic E-state index is 0.204. The van der Waals surface area contributed by atoms with Gasteiger partial charge in [0, 0.05) is 23.2 Å². The molecule has 1 aromatic heterocycles. The van der Waals surface area contributed by atoms with Crippen LogP contribution in [-0.2, 0) is 0 Å². The molecule has 0 amide bonds. The van der Waals surface area contributed by atoms with E-state index in [1.165, 1.54) is 11.1 Å². The second-order valence-electron chi connectivity index (χ2n) is 5.22. The molecule has 0 saturated heterocycles. The Morgan fingerprint density at radius 2 is 1.70 bits per heavy atom. The van der Waals surface area contributed by atoms with Crippen LogP contribution in [0.2, 0.25) is 0 Å². The van der Waals surface area contributed by atoms with Gasteiger partial charge in [-0.05, 0) is 39.8 Å². The zero-order valence-electron chi connectivity index (χ0n) is 12.9. The number of methoxy groups -OCH3 is 1. The van der Waals surface area contributed by atoms with E-state index in [1.807, 2.05) is 32.0 Å². The Morgan fingerprint density at radius 3 is 2.30 bits per heavy atom. The Morgan fingerprint density at radius 1 is 1.05 bits per heavy atom. The van der Waals surface area contributed by atoms with Crippen LogP contribution in [0.5, 0.6) is 5.75 Å². The van der Waals surface area contributed by atoms with E-state index >= 15 is 0 Å². The quantitative estimate of drug-likeness (QED) is 0.881. The van der Waals surface area contributed by atoms with Gasteiger partial charge in [0.05, 0.1) is 7.11 Å². The fourth-order valence-electron chi connectivity index (χ4n) is 2.66. The normalized spacial score (nSPS) is 14.1. The molecular weight excluding hydrogens is 250 g/mol. The number of ether oxygens (including phenoxy) is 1. The lowest BCUT2D eigenvalue weighted by molar-refractivity contribution is 0.396. The summed E-state index contributed by atoms with van der Waals surface area (Å²) in [4.78, 5) is 0. The zero-order chi connectivity index (χ0) is 14.7. The van der Waals surface area contributed by atoms with Gasteiger partial charge in [-0.3, -0.25) is 0 Å². The summed E-state index contributed by atoms with van der Waals surface area (Å²) in [5, 5.41) is 3.60. The molecule has 3 heteroatoms. The molecule has 1 heterocycles. The average Bonchev–Trinajstić information content (AvgIpc) is 2.77. The van der Waals surface area contributed by atoms with Crippen molar-refractivity contribution in [3.63, 3.8) is 0 Å². The average molecular weight is 273 g/mol. The van der Waals surface area contributed by atoms with Gasteiger partial charge in [-0.15, -0.1) is 0 Å². The summed E-state index contributed by atoms with van der Waals surface area (Å²) in [5.41, 5.74) is 2.38. The molecule has 20 heavy (non-hydrogen) atoms. The van der Waals surface area contributed by atoms with Crippen LogP contribution < -0.4 is 10.1 Å². The van der Waals surface area contributed by atoms with Crippen molar-refractivity contribution in [1.82, 2.24) is 5.32 Å². The van der Waals surface area contributed by atoms with Crippen molar-refractivity contribution >= 4 is 0 Å². The van der Waals surface area contributed by atoms with E-state index in [0.717, 1.165) is 17.3 Å². The molecule has 0 radical (unpaired) electrons. The predicted molar refractivity (Wildman–Crippen MR) is 81.1 cm³/mol. The largest absolute Gasteiger partial charge is 0.496 e. The fraction of sp³-hybridized carbons (Fsp3) is 0.412. The standard InChI is InChI=1S/C17H23NO2/c1-11-10-16(14(4)20-11)13(3)18-12(2)15-8-6-7-9-17(15)19-5/h6-10,12-13,18H,1-5H3. The number of para-hydroxylation sites is 1.